The first kappa shape index (κ1) is 20.6. The average molecular weight is 447 g/mol. The Morgan fingerprint density at radius 3 is 2.74 bits per heavy atom. The smallest absolute Gasteiger partial charge is 0.252 e. The first-order valence-electron chi connectivity index (χ1n) is 8.46. The van der Waals surface area contributed by atoms with Crippen molar-refractivity contribution in [1.29, 1.82) is 0 Å². The highest BCUT2D eigenvalue weighted by atomic mass is 35.5. The Hall–Kier alpha value is -1.09. The van der Waals surface area contributed by atoms with E-state index in [9.17, 15) is 8.42 Å². The Balaban J connectivity index is 0.00000210. The number of rotatable bonds is 4. The molecule has 1 saturated heterocycles. The molecule has 4 rings (SSSR count). The van der Waals surface area contributed by atoms with Gasteiger partial charge < -0.3 is 4.42 Å². The molecular weight excluding hydrogens is 427 g/mol. The fourth-order valence-corrected chi connectivity index (χ4v) is 6.05. The third-order valence-electron chi connectivity index (χ3n) is 4.55. The van der Waals surface area contributed by atoms with E-state index in [-0.39, 0.29) is 12.4 Å². The van der Waals surface area contributed by atoms with Crippen LogP contribution in [0.3, 0.4) is 0 Å². The van der Waals surface area contributed by atoms with Crippen molar-refractivity contribution in [3.05, 3.63) is 52.6 Å². The molecule has 1 aliphatic heterocycles. The van der Waals surface area contributed by atoms with Gasteiger partial charge in [0.1, 0.15) is 15.6 Å². The maximum Gasteiger partial charge on any atom is 0.252 e. The zero-order valence-corrected chi connectivity index (χ0v) is 17.7. The number of furan rings is 1. The molecule has 1 aromatic carbocycles. The molecule has 0 N–H and O–H groups in total. The molecule has 0 spiro atoms. The summed E-state index contributed by atoms with van der Waals surface area (Å²) in [7, 11) is -3.38. The van der Waals surface area contributed by atoms with Crippen molar-refractivity contribution in [2.45, 2.75) is 17.2 Å². The van der Waals surface area contributed by atoms with Crippen molar-refractivity contribution in [2.24, 2.45) is 0 Å². The summed E-state index contributed by atoms with van der Waals surface area (Å²) in [6, 6.07) is 11.0. The lowest BCUT2D eigenvalue weighted by atomic mass is 10.2. The van der Waals surface area contributed by atoms with E-state index in [1.807, 2.05) is 24.3 Å². The van der Waals surface area contributed by atoms with E-state index in [2.05, 4.69) is 4.90 Å². The van der Waals surface area contributed by atoms with Gasteiger partial charge in [-0.25, -0.2) is 8.42 Å². The summed E-state index contributed by atoms with van der Waals surface area (Å²) in [6.07, 6.45) is 0.802. The van der Waals surface area contributed by atoms with E-state index < -0.39 is 10.0 Å². The van der Waals surface area contributed by atoms with Crippen LogP contribution in [0.4, 0.5) is 0 Å². The number of benzene rings is 1. The highest BCUT2D eigenvalue weighted by molar-refractivity contribution is 7.91. The molecule has 3 aromatic rings. The molecule has 0 amide bonds. The molecule has 9 heteroatoms. The fourth-order valence-electron chi connectivity index (χ4n) is 3.25. The second-order valence-corrected chi connectivity index (χ2v) is 9.91. The lowest BCUT2D eigenvalue weighted by Gasteiger charge is -2.20. The predicted molar refractivity (Wildman–Crippen MR) is 111 cm³/mol. The topological polar surface area (TPSA) is 53.8 Å². The summed E-state index contributed by atoms with van der Waals surface area (Å²) in [4.78, 5) is 2.24. The summed E-state index contributed by atoms with van der Waals surface area (Å²) in [5, 5.41) is 3.48. The maximum atomic E-state index is 12.7. The molecule has 0 saturated carbocycles. The zero-order valence-electron chi connectivity index (χ0n) is 14.5. The lowest BCUT2D eigenvalue weighted by molar-refractivity contribution is 0.258. The Kier molecular flexibility index (Phi) is 6.50. The molecule has 5 nitrogen and oxygen atoms in total. The van der Waals surface area contributed by atoms with E-state index in [4.69, 9.17) is 16.0 Å². The van der Waals surface area contributed by atoms with Crippen molar-refractivity contribution >= 4 is 56.3 Å². The van der Waals surface area contributed by atoms with E-state index >= 15 is 0 Å². The molecule has 1 fully saturated rings. The van der Waals surface area contributed by atoms with Crippen molar-refractivity contribution in [2.75, 3.05) is 26.2 Å². The van der Waals surface area contributed by atoms with E-state index in [0.29, 0.717) is 35.4 Å². The number of hydrogen-bond donors (Lipinski definition) is 0. The molecule has 2 aromatic heterocycles. The Morgan fingerprint density at radius 1 is 1.11 bits per heavy atom. The molecule has 27 heavy (non-hydrogen) atoms. The van der Waals surface area contributed by atoms with Crippen LogP contribution in [0, 0.1) is 0 Å². The summed E-state index contributed by atoms with van der Waals surface area (Å²) < 4.78 is 33.3. The van der Waals surface area contributed by atoms with Gasteiger partial charge in [0.15, 0.2) is 0 Å². The van der Waals surface area contributed by atoms with Crippen LogP contribution in [0.25, 0.3) is 11.0 Å². The number of fused-ring (bicyclic) bond motifs is 1. The number of halogens is 2. The lowest BCUT2D eigenvalue weighted by Crippen LogP contribution is -2.34. The molecule has 0 radical (unpaired) electrons. The monoisotopic (exact) mass is 446 g/mol. The highest BCUT2D eigenvalue weighted by Crippen LogP contribution is 2.25. The number of hydrogen-bond acceptors (Lipinski definition) is 5. The van der Waals surface area contributed by atoms with Crippen LogP contribution in [0.2, 0.25) is 5.02 Å². The summed E-state index contributed by atoms with van der Waals surface area (Å²) in [5.74, 6) is 0.872. The molecule has 1 aliphatic rings. The van der Waals surface area contributed by atoms with Gasteiger partial charge in [0.25, 0.3) is 10.0 Å². The Labute approximate surface area is 174 Å². The largest absolute Gasteiger partial charge is 0.460 e. The summed E-state index contributed by atoms with van der Waals surface area (Å²) in [5.41, 5.74) is 0.820. The van der Waals surface area contributed by atoms with E-state index in [0.717, 1.165) is 29.7 Å². The number of sulfonamides is 1. The first-order valence-corrected chi connectivity index (χ1v) is 11.2. The van der Waals surface area contributed by atoms with Crippen LogP contribution in [-0.2, 0) is 16.6 Å². The summed E-state index contributed by atoms with van der Waals surface area (Å²) >= 11 is 7.30. The minimum Gasteiger partial charge on any atom is -0.460 e. The van der Waals surface area contributed by atoms with Crippen LogP contribution in [-0.4, -0.2) is 43.8 Å². The molecular formula is C18H20Cl2N2O3S2. The first-order chi connectivity index (χ1) is 12.5. The standard InChI is InChI=1S/C18H19ClN2O3S2.ClH/c19-15-4-5-17-14(11-15)12-16(24-17)13-20-6-2-7-21(9-8-20)26(22,23)18-3-1-10-25-18;/h1,3-5,10-12H,2,6-9,13H2;1H. The average Bonchev–Trinajstić information content (AvgIpc) is 3.21. The van der Waals surface area contributed by atoms with Gasteiger partial charge in [0.2, 0.25) is 0 Å². The normalized spacial score (nSPS) is 16.9. The Morgan fingerprint density at radius 2 is 1.96 bits per heavy atom. The molecule has 0 atom stereocenters. The third-order valence-corrected chi connectivity index (χ3v) is 8.05. The van der Waals surface area contributed by atoms with Gasteiger partial charge in [0, 0.05) is 30.0 Å². The van der Waals surface area contributed by atoms with Crippen LogP contribution in [0.5, 0.6) is 0 Å². The van der Waals surface area contributed by atoms with Gasteiger partial charge in [-0.2, -0.15) is 4.31 Å². The number of thiophene rings is 1. The number of nitrogens with zero attached hydrogens (tertiary/aromatic N) is 2. The summed E-state index contributed by atoms with van der Waals surface area (Å²) in [6.45, 7) is 3.23. The third kappa shape index (κ3) is 4.50. The SMILES string of the molecule is Cl.O=S(=O)(c1cccs1)N1CCCN(Cc2cc3cc(Cl)ccc3o2)CC1. The van der Waals surface area contributed by atoms with Gasteiger partial charge >= 0.3 is 0 Å². The van der Waals surface area contributed by atoms with Gasteiger partial charge in [-0.3, -0.25) is 4.90 Å². The quantitative estimate of drug-likeness (QED) is 0.593. The van der Waals surface area contributed by atoms with Crippen molar-refractivity contribution in [3.63, 3.8) is 0 Å². The minimum atomic E-state index is -3.38. The molecule has 146 valence electrons. The van der Waals surface area contributed by atoms with Gasteiger partial charge in [-0.1, -0.05) is 17.7 Å². The van der Waals surface area contributed by atoms with Crippen LogP contribution in [0.15, 0.2) is 50.4 Å². The van der Waals surface area contributed by atoms with Crippen molar-refractivity contribution in [3.8, 4) is 0 Å². The molecule has 0 bridgehead atoms. The fraction of sp³-hybridized carbons (Fsp3) is 0.333. The van der Waals surface area contributed by atoms with Gasteiger partial charge in [0.05, 0.1) is 6.54 Å². The molecule has 3 heterocycles. The van der Waals surface area contributed by atoms with Crippen LogP contribution in [0.1, 0.15) is 12.2 Å². The van der Waals surface area contributed by atoms with Gasteiger partial charge in [-0.15, -0.1) is 23.7 Å². The van der Waals surface area contributed by atoms with Crippen molar-refractivity contribution in [1.82, 2.24) is 9.21 Å². The molecule has 0 aliphatic carbocycles. The maximum absolute atomic E-state index is 12.7. The van der Waals surface area contributed by atoms with Crippen molar-refractivity contribution < 1.29 is 12.8 Å². The highest BCUT2D eigenvalue weighted by Gasteiger charge is 2.27. The zero-order chi connectivity index (χ0) is 18.1. The van der Waals surface area contributed by atoms with Crippen LogP contribution >= 0.6 is 35.3 Å². The van der Waals surface area contributed by atoms with E-state index in [1.165, 1.54) is 11.3 Å². The second kappa shape index (κ2) is 8.51. The predicted octanol–water partition coefficient (Wildman–Crippen LogP) is 4.47. The van der Waals surface area contributed by atoms with Gasteiger partial charge in [-0.05, 0) is 48.7 Å². The van der Waals surface area contributed by atoms with E-state index in [1.54, 1.807) is 21.8 Å². The van der Waals surface area contributed by atoms with Crippen LogP contribution < -0.4 is 0 Å². The second-order valence-electron chi connectivity index (χ2n) is 6.36. The minimum absolute atomic E-state index is 0. The molecule has 0 unspecified atom stereocenters. The Bertz CT molecular complexity index is 1000.